The molecule has 1 aromatic heterocycles. The van der Waals surface area contributed by atoms with Crippen LogP contribution in [0.2, 0.25) is 0 Å². The molecule has 2 aliphatic heterocycles. The summed E-state index contributed by atoms with van der Waals surface area (Å²) in [6, 6.07) is 2.12. The van der Waals surface area contributed by atoms with Crippen LogP contribution in [0.3, 0.4) is 0 Å². The highest BCUT2D eigenvalue weighted by atomic mass is 16.6. The summed E-state index contributed by atoms with van der Waals surface area (Å²) in [6.45, 7) is 9.19. The molecule has 3 aliphatic rings. The summed E-state index contributed by atoms with van der Waals surface area (Å²) in [6.07, 6.45) is 4.87. The number of nitrogens with one attached hydrogen (secondary N) is 1. The Bertz CT molecular complexity index is 663. The molecule has 1 saturated heterocycles. The Hall–Kier alpha value is -1.98. The van der Waals surface area contributed by atoms with Crippen molar-refractivity contribution in [2.45, 2.75) is 51.2 Å². The Morgan fingerprint density at radius 3 is 2.83 bits per heavy atom. The molecule has 4 rings (SSSR count). The predicted octanol–water partition coefficient (Wildman–Crippen LogP) is 2.64. The smallest absolute Gasteiger partial charge is 0.410 e. The van der Waals surface area contributed by atoms with Gasteiger partial charge in [0.1, 0.15) is 11.4 Å². The first-order valence-electron chi connectivity index (χ1n) is 8.85. The van der Waals surface area contributed by atoms with Crippen LogP contribution in [-0.4, -0.2) is 53.3 Å². The number of anilines is 2. The van der Waals surface area contributed by atoms with E-state index in [0.29, 0.717) is 0 Å². The molecule has 130 valence electrons. The number of fused-ring (bicyclic) bond motifs is 1. The quantitative estimate of drug-likeness (QED) is 0.858. The molecular formula is C18H26N4O2. The van der Waals surface area contributed by atoms with Crippen LogP contribution in [0, 0.1) is 0 Å². The van der Waals surface area contributed by atoms with E-state index in [4.69, 9.17) is 4.74 Å². The maximum atomic E-state index is 12.6. The summed E-state index contributed by atoms with van der Waals surface area (Å²) in [5.74, 6) is 1.02. The molecule has 6 nitrogen and oxygen atoms in total. The largest absolute Gasteiger partial charge is 0.444 e. The van der Waals surface area contributed by atoms with Crippen LogP contribution in [0.1, 0.15) is 39.2 Å². The molecule has 0 radical (unpaired) electrons. The van der Waals surface area contributed by atoms with Crippen LogP contribution >= 0.6 is 0 Å². The highest BCUT2D eigenvalue weighted by Gasteiger charge is 2.54. The number of hydrogen-bond donors (Lipinski definition) is 1. The van der Waals surface area contributed by atoms with Crippen molar-refractivity contribution < 1.29 is 9.53 Å². The summed E-state index contributed by atoms with van der Waals surface area (Å²) in [4.78, 5) is 21.4. The lowest BCUT2D eigenvalue weighted by Crippen LogP contribution is -2.58. The predicted molar refractivity (Wildman–Crippen MR) is 93.5 cm³/mol. The van der Waals surface area contributed by atoms with E-state index >= 15 is 0 Å². The van der Waals surface area contributed by atoms with Crippen molar-refractivity contribution in [2.75, 3.05) is 36.4 Å². The first-order chi connectivity index (χ1) is 11.4. The van der Waals surface area contributed by atoms with Gasteiger partial charge >= 0.3 is 6.09 Å². The molecule has 0 unspecified atom stereocenters. The van der Waals surface area contributed by atoms with Gasteiger partial charge < -0.3 is 15.0 Å². The second-order valence-electron chi connectivity index (χ2n) is 8.11. The van der Waals surface area contributed by atoms with Gasteiger partial charge in [-0.2, -0.15) is 0 Å². The van der Waals surface area contributed by atoms with E-state index in [1.165, 1.54) is 11.3 Å². The molecule has 1 spiro atoms. The minimum Gasteiger partial charge on any atom is -0.444 e. The standard InChI is InChI=1S/C18H26N4O2/c1-17(2,3)24-16(23)22-11-10-21(12-18(22)6-7-18)14-5-9-20-15-13(14)4-8-19-15/h5,9H,4,6-8,10-12H2,1-3H3,(H,19,20). The lowest BCUT2D eigenvalue weighted by Gasteiger charge is -2.43. The highest BCUT2D eigenvalue weighted by Crippen LogP contribution is 2.46. The Labute approximate surface area is 143 Å². The van der Waals surface area contributed by atoms with Crippen LogP contribution in [0.4, 0.5) is 16.3 Å². The molecule has 24 heavy (non-hydrogen) atoms. The van der Waals surface area contributed by atoms with Crippen molar-refractivity contribution in [3.8, 4) is 0 Å². The van der Waals surface area contributed by atoms with E-state index in [0.717, 1.165) is 51.3 Å². The van der Waals surface area contributed by atoms with Gasteiger partial charge in [0.15, 0.2) is 0 Å². The summed E-state index contributed by atoms with van der Waals surface area (Å²) >= 11 is 0. The summed E-state index contributed by atoms with van der Waals surface area (Å²) in [5, 5.41) is 3.35. The number of amides is 1. The van der Waals surface area contributed by atoms with Crippen LogP contribution in [-0.2, 0) is 11.2 Å². The second kappa shape index (κ2) is 5.26. The minimum absolute atomic E-state index is 0.0389. The number of ether oxygens (including phenoxy) is 1. The fraction of sp³-hybridized carbons (Fsp3) is 0.667. The van der Waals surface area contributed by atoms with Gasteiger partial charge in [0.05, 0.1) is 5.54 Å². The van der Waals surface area contributed by atoms with E-state index in [1.54, 1.807) is 0 Å². The summed E-state index contributed by atoms with van der Waals surface area (Å²) in [7, 11) is 0. The molecular weight excluding hydrogens is 304 g/mol. The van der Waals surface area contributed by atoms with Gasteiger partial charge in [-0.15, -0.1) is 0 Å². The molecule has 2 fully saturated rings. The van der Waals surface area contributed by atoms with Gasteiger partial charge in [-0.25, -0.2) is 9.78 Å². The minimum atomic E-state index is -0.443. The second-order valence-corrected chi connectivity index (χ2v) is 8.11. The molecule has 1 amide bonds. The zero-order chi connectivity index (χ0) is 16.9. The van der Waals surface area contributed by atoms with E-state index in [1.807, 2.05) is 31.9 Å². The summed E-state index contributed by atoms with van der Waals surface area (Å²) < 4.78 is 5.62. The number of carbonyl (C=O) groups is 1. The zero-order valence-electron chi connectivity index (χ0n) is 14.8. The van der Waals surface area contributed by atoms with Gasteiger partial charge in [-0.1, -0.05) is 0 Å². The van der Waals surface area contributed by atoms with Gasteiger partial charge in [-0.05, 0) is 46.1 Å². The third-order valence-electron chi connectivity index (χ3n) is 5.13. The molecule has 1 aromatic rings. The fourth-order valence-electron chi connectivity index (χ4n) is 3.84. The van der Waals surface area contributed by atoms with Gasteiger partial charge in [-0.3, -0.25) is 4.90 Å². The number of piperazine rings is 1. The van der Waals surface area contributed by atoms with Gasteiger partial charge in [0, 0.05) is 43.6 Å². The molecule has 1 saturated carbocycles. The van der Waals surface area contributed by atoms with Gasteiger partial charge in [0.2, 0.25) is 0 Å². The molecule has 0 aromatic carbocycles. The number of aromatic nitrogens is 1. The molecule has 1 aliphatic carbocycles. The first kappa shape index (κ1) is 15.5. The Morgan fingerprint density at radius 1 is 1.33 bits per heavy atom. The Kier molecular flexibility index (Phi) is 3.41. The molecule has 3 heterocycles. The lowest BCUT2D eigenvalue weighted by molar-refractivity contribution is 0.0106. The highest BCUT2D eigenvalue weighted by molar-refractivity contribution is 5.72. The molecule has 0 bridgehead atoms. The first-order valence-corrected chi connectivity index (χ1v) is 8.85. The van der Waals surface area contributed by atoms with Gasteiger partial charge in [0.25, 0.3) is 0 Å². The maximum absolute atomic E-state index is 12.6. The van der Waals surface area contributed by atoms with Crippen LogP contribution in [0.15, 0.2) is 12.3 Å². The maximum Gasteiger partial charge on any atom is 0.410 e. The van der Waals surface area contributed by atoms with Crippen LogP contribution < -0.4 is 10.2 Å². The number of pyridine rings is 1. The monoisotopic (exact) mass is 330 g/mol. The molecule has 6 heteroatoms. The zero-order valence-corrected chi connectivity index (χ0v) is 14.8. The van der Waals surface area contributed by atoms with Crippen molar-refractivity contribution in [2.24, 2.45) is 0 Å². The Morgan fingerprint density at radius 2 is 2.12 bits per heavy atom. The van der Waals surface area contributed by atoms with Crippen molar-refractivity contribution in [1.82, 2.24) is 9.88 Å². The van der Waals surface area contributed by atoms with Crippen LogP contribution in [0.5, 0.6) is 0 Å². The number of carbonyl (C=O) groups excluding carboxylic acids is 1. The van der Waals surface area contributed by atoms with E-state index in [-0.39, 0.29) is 11.6 Å². The van der Waals surface area contributed by atoms with E-state index < -0.39 is 5.60 Å². The van der Waals surface area contributed by atoms with Crippen molar-refractivity contribution in [1.29, 1.82) is 0 Å². The van der Waals surface area contributed by atoms with Crippen molar-refractivity contribution in [3.63, 3.8) is 0 Å². The topological polar surface area (TPSA) is 57.7 Å². The lowest BCUT2D eigenvalue weighted by atomic mass is 10.1. The average Bonchev–Trinajstić information content (AvgIpc) is 3.09. The van der Waals surface area contributed by atoms with E-state index in [9.17, 15) is 4.79 Å². The summed E-state index contributed by atoms with van der Waals surface area (Å²) in [5.41, 5.74) is 2.11. The number of nitrogens with zero attached hydrogens (tertiary/aromatic N) is 3. The van der Waals surface area contributed by atoms with Crippen molar-refractivity contribution >= 4 is 17.6 Å². The number of rotatable bonds is 1. The Balaban J connectivity index is 1.53. The SMILES string of the molecule is CC(C)(C)OC(=O)N1CCN(c2ccnc3c2CCN3)CC12CC2. The number of hydrogen-bond acceptors (Lipinski definition) is 5. The average molecular weight is 330 g/mol. The van der Waals surface area contributed by atoms with Crippen molar-refractivity contribution in [3.05, 3.63) is 17.8 Å². The van der Waals surface area contributed by atoms with Crippen LogP contribution in [0.25, 0.3) is 0 Å². The normalized spacial score (nSPS) is 21.5. The third kappa shape index (κ3) is 2.68. The third-order valence-corrected chi connectivity index (χ3v) is 5.13. The van der Waals surface area contributed by atoms with E-state index in [2.05, 4.69) is 21.3 Å². The fourth-order valence-corrected chi connectivity index (χ4v) is 3.84. The molecule has 1 N–H and O–H groups in total. The molecule has 0 atom stereocenters.